The van der Waals surface area contributed by atoms with E-state index >= 15 is 0 Å². The van der Waals surface area contributed by atoms with Crippen LogP contribution in [0, 0.1) is 6.92 Å². The van der Waals surface area contributed by atoms with Crippen molar-refractivity contribution in [3.63, 3.8) is 0 Å². The van der Waals surface area contributed by atoms with Crippen LogP contribution in [-0.4, -0.2) is 72.7 Å². The molecule has 29 heavy (non-hydrogen) atoms. The second-order valence-electron chi connectivity index (χ2n) is 7.86. The fraction of sp³-hybridized carbons (Fsp3) is 0.478. The van der Waals surface area contributed by atoms with Crippen molar-refractivity contribution >= 4 is 5.96 Å². The number of hydrogen-bond acceptors (Lipinski definition) is 4. The van der Waals surface area contributed by atoms with Gasteiger partial charge in [-0.15, -0.1) is 0 Å². The number of aromatic nitrogens is 1. The molecular weight excluding hydrogens is 362 g/mol. The van der Waals surface area contributed by atoms with Crippen LogP contribution in [0.5, 0.6) is 0 Å². The lowest BCUT2D eigenvalue weighted by atomic mass is 10.1. The van der Waals surface area contributed by atoms with Gasteiger partial charge in [0.25, 0.3) is 0 Å². The predicted molar refractivity (Wildman–Crippen MR) is 116 cm³/mol. The van der Waals surface area contributed by atoms with Crippen molar-refractivity contribution in [3.8, 4) is 0 Å². The molecule has 2 aliphatic rings. The maximum absolute atomic E-state index is 6.11. The number of aliphatic imine (C=N–C) groups is 1. The Bertz CT molecular complexity index is 825. The van der Waals surface area contributed by atoms with Crippen LogP contribution in [-0.2, 0) is 17.7 Å². The van der Waals surface area contributed by atoms with Crippen LogP contribution in [0.4, 0.5) is 0 Å². The number of aryl methyl sites for hydroxylation is 1. The largest absolute Gasteiger partial charge is 0.373 e. The van der Waals surface area contributed by atoms with Gasteiger partial charge in [0.2, 0.25) is 0 Å². The molecule has 0 amide bonds. The maximum atomic E-state index is 6.11. The number of pyridine rings is 1. The molecule has 2 fully saturated rings. The number of guanidine groups is 1. The number of morpholine rings is 1. The van der Waals surface area contributed by atoms with Gasteiger partial charge in [-0.1, -0.05) is 30.3 Å². The molecular formula is C23H31N5O. The van der Waals surface area contributed by atoms with Gasteiger partial charge in [-0.3, -0.25) is 14.9 Å². The summed E-state index contributed by atoms with van der Waals surface area (Å²) in [6.45, 7) is 7.58. The Balaban J connectivity index is 1.34. The van der Waals surface area contributed by atoms with E-state index in [1.165, 1.54) is 16.7 Å². The molecule has 2 atom stereocenters. The van der Waals surface area contributed by atoms with E-state index in [9.17, 15) is 0 Å². The van der Waals surface area contributed by atoms with E-state index < -0.39 is 0 Å². The molecule has 6 nitrogen and oxygen atoms in total. The van der Waals surface area contributed by atoms with Crippen LogP contribution in [0.25, 0.3) is 0 Å². The Morgan fingerprint density at radius 2 is 2.10 bits per heavy atom. The van der Waals surface area contributed by atoms with Gasteiger partial charge in [-0.2, -0.15) is 0 Å². The number of rotatable bonds is 5. The summed E-state index contributed by atoms with van der Waals surface area (Å²) in [4.78, 5) is 13.6. The Morgan fingerprint density at radius 3 is 2.90 bits per heavy atom. The number of likely N-dealkylation sites (tertiary alicyclic amines) is 1. The van der Waals surface area contributed by atoms with Crippen molar-refractivity contribution in [1.29, 1.82) is 0 Å². The predicted octanol–water partition coefficient (Wildman–Crippen LogP) is 2.09. The molecule has 1 aromatic heterocycles. The average Bonchev–Trinajstić information content (AvgIpc) is 3.18. The fourth-order valence-electron chi connectivity index (χ4n) is 4.37. The molecule has 2 aromatic rings. The first kappa shape index (κ1) is 19.9. The zero-order chi connectivity index (χ0) is 20.1. The van der Waals surface area contributed by atoms with Crippen molar-refractivity contribution in [2.24, 2.45) is 4.99 Å². The molecule has 154 valence electrons. The van der Waals surface area contributed by atoms with Gasteiger partial charge in [-0.25, -0.2) is 0 Å². The van der Waals surface area contributed by atoms with E-state index in [-0.39, 0.29) is 6.10 Å². The quantitative estimate of drug-likeness (QED) is 0.623. The van der Waals surface area contributed by atoms with E-state index in [1.54, 1.807) is 0 Å². The van der Waals surface area contributed by atoms with Gasteiger partial charge in [0.15, 0.2) is 5.96 Å². The van der Waals surface area contributed by atoms with E-state index in [4.69, 9.17) is 4.74 Å². The van der Waals surface area contributed by atoms with E-state index in [1.807, 2.05) is 19.4 Å². The molecule has 2 saturated heterocycles. The summed E-state index contributed by atoms with van der Waals surface area (Å²) in [7, 11) is 1.87. The highest BCUT2D eigenvalue weighted by molar-refractivity contribution is 5.80. The van der Waals surface area contributed by atoms with Gasteiger partial charge >= 0.3 is 0 Å². The zero-order valence-corrected chi connectivity index (χ0v) is 17.4. The van der Waals surface area contributed by atoms with Crippen LogP contribution in [0.3, 0.4) is 0 Å². The standard InChI is InChI=1S/C23H31N5O/c1-18-14-25-10-8-20(18)9-11-26-23(24-2)28-16-21-22(17-28)29-13-12-27(21)15-19-6-4-3-5-7-19/h3-8,10,14,21-22H,9,11-13,15-17H2,1-2H3,(H,24,26). The first-order valence-electron chi connectivity index (χ1n) is 10.5. The molecule has 0 radical (unpaired) electrons. The van der Waals surface area contributed by atoms with Gasteiger partial charge in [0.05, 0.1) is 18.8 Å². The maximum Gasteiger partial charge on any atom is 0.193 e. The first-order valence-corrected chi connectivity index (χ1v) is 10.5. The summed E-state index contributed by atoms with van der Waals surface area (Å²) in [5.74, 6) is 0.967. The van der Waals surface area contributed by atoms with Crippen molar-refractivity contribution < 1.29 is 4.74 Å². The molecule has 2 aliphatic heterocycles. The SMILES string of the molecule is CN=C(NCCc1ccncc1C)N1CC2OCCN(Cc3ccccc3)C2C1. The minimum Gasteiger partial charge on any atom is -0.373 e. The molecule has 0 aliphatic carbocycles. The average molecular weight is 394 g/mol. The third kappa shape index (κ3) is 4.77. The lowest BCUT2D eigenvalue weighted by Gasteiger charge is -2.36. The zero-order valence-electron chi connectivity index (χ0n) is 17.4. The number of fused-ring (bicyclic) bond motifs is 1. The highest BCUT2D eigenvalue weighted by atomic mass is 16.5. The molecule has 4 rings (SSSR count). The third-order valence-corrected chi connectivity index (χ3v) is 5.97. The van der Waals surface area contributed by atoms with Gasteiger partial charge in [0, 0.05) is 52.2 Å². The fourth-order valence-corrected chi connectivity index (χ4v) is 4.37. The minimum atomic E-state index is 0.244. The summed E-state index contributed by atoms with van der Waals surface area (Å²) < 4.78 is 6.11. The van der Waals surface area contributed by atoms with Gasteiger partial charge in [0.1, 0.15) is 0 Å². The molecule has 1 aromatic carbocycles. The van der Waals surface area contributed by atoms with Crippen LogP contribution < -0.4 is 5.32 Å². The molecule has 0 spiro atoms. The summed E-state index contributed by atoms with van der Waals surface area (Å²) in [5, 5.41) is 3.54. The molecule has 0 bridgehead atoms. The molecule has 1 N–H and O–H groups in total. The van der Waals surface area contributed by atoms with Gasteiger partial charge in [-0.05, 0) is 36.1 Å². The third-order valence-electron chi connectivity index (χ3n) is 5.97. The lowest BCUT2D eigenvalue weighted by Crippen LogP contribution is -2.50. The summed E-state index contributed by atoms with van der Waals surface area (Å²) in [5.41, 5.74) is 3.93. The number of ether oxygens (including phenoxy) is 1. The smallest absolute Gasteiger partial charge is 0.193 e. The van der Waals surface area contributed by atoms with Crippen molar-refractivity contribution in [1.82, 2.24) is 20.1 Å². The van der Waals surface area contributed by atoms with Crippen LogP contribution in [0.15, 0.2) is 53.8 Å². The summed E-state index contributed by atoms with van der Waals surface area (Å²) >= 11 is 0. The Kier molecular flexibility index (Phi) is 6.42. The number of benzene rings is 1. The molecule has 6 heteroatoms. The van der Waals surface area contributed by atoms with E-state index in [0.29, 0.717) is 6.04 Å². The molecule has 0 saturated carbocycles. The van der Waals surface area contributed by atoms with E-state index in [0.717, 1.165) is 51.7 Å². The topological polar surface area (TPSA) is 53.0 Å². The van der Waals surface area contributed by atoms with Crippen molar-refractivity contribution in [3.05, 3.63) is 65.5 Å². The Morgan fingerprint density at radius 1 is 1.24 bits per heavy atom. The van der Waals surface area contributed by atoms with Crippen LogP contribution in [0.1, 0.15) is 16.7 Å². The Labute approximate surface area is 173 Å². The highest BCUT2D eigenvalue weighted by Gasteiger charge is 2.41. The monoisotopic (exact) mass is 393 g/mol. The summed E-state index contributed by atoms with van der Waals surface area (Å²) in [6, 6.07) is 13.2. The highest BCUT2D eigenvalue weighted by Crippen LogP contribution is 2.24. The van der Waals surface area contributed by atoms with Gasteiger partial charge < -0.3 is 15.0 Å². The molecule has 2 unspecified atom stereocenters. The second kappa shape index (κ2) is 9.37. The van der Waals surface area contributed by atoms with Crippen LogP contribution in [0.2, 0.25) is 0 Å². The first-order chi connectivity index (χ1) is 14.2. The van der Waals surface area contributed by atoms with Crippen molar-refractivity contribution in [2.45, 2.75) is 32.0 Å². The lowest BCUT2D eigenvalue weighted by molar-refractivity contribution is -0.0502. The number of hydrogen-bond donors (Lipinski definition) is 1. The summed E-state index contributed by atoms with van der Waals surface area (Å²) in [6.07, 6.45) is 4.99. The van der Waals surface area contributed by atoms with E-state index in [2.05, 4.69) is 68.4 Å². The second-order valence-corrected chi connectivity index (χ2v) is 7.86. The number of nitrogens with one attached hydrogen (secondary N) is 1. The van der Waals surface area contributed by atoms with Crippen LogP contribution >= 0.6 is 0 Å². The number of nitrogens with zero attached hydrogens (tertiary/aromatic N) is 4. The Hall–Kier alpha value is -2.44. The molecule has 3 heterocycles. The van der Waals surface area contributed by atoms with Crippen molar-refractivity contribution in [2.75, 3.05) is 39.8 Å². The normalized spacial score (nSPS) is 22.6. The minimum absolute atomic E-state index is 0.244.